The molecule has 2 fully saturated rings. The molecule has 0 spiro atoms. The number of hydrogen-bond donors (Lipinski definition) is 1. The SMILES string of the molecule is CCNC(=NCCN1CCN(c2ccc(F)cc2)CC1)N1CCC(OCCCOC)CC1. The average molecular weight is 450 g/mol. The lowest BCUT2D eigenvalue weighted by atomic mass is 10.1. The molecule has 0 radical (unpaired) electrons. The predicted molar refractivity (Wildman–Crippen MR) is 128 cm³/mol. The molecule has 2 aliphatic heterocycles. The summed E-state index contributed by atoms with van der Waals surface area (Å²) in [5, 5.41) is 3.46. The second-order valence-corrected chi connectivity index (χ2v) is 8.44. The van der Waals surface area contributed by atoms with Gasteiger partial charge in [0.2, 0.25) is 0 Å². The summed E-state index contributed by atoms with van der Waals surface area (Å²) in [5.41, 5.74) is 1.10. The fourth-order valence-corrected chi connectivity index (χ4v) is 4.29. The number of piperidine rings is 1. The molecule has 1 aromatic rings. The largest absolute Gasteiger partial charge is 0.385 e. The lowest BCUT2D eigenvalue weighted by Crippen LogP contribution is -2.48. The molecule has 0 atom stereocenters. The molecule has 2 heterocycles. The van der Waals surface area contributed by atoms with E-state index in [0.717, 1.165) is 103 Å². The predicted octanol–water partition coefficient (Wildman–Crippen LogP) is 2.43. The number of likely N-dealkylation sites (tertiary alicyclic amines) is 1. The van der Waals surface area contributed by atoms with Crippen LogP contribution >= 0.6 is 0 Å². The Balaban J connectivity index is 1.38. The van der Waals surface area contributed by atoms with Gasteiger partial charge in [0.15, 0.2) is 5.96 Å². The van der Waals surface area contributed by atoms with E-state index in [1.54, 1.807) is 7.11 Å². The zero-order valence-electron chi connectivity index (χ0n) is 19.8. The minimum Gasteiger partial charge on any atom is -0.385 e. The molecule has 32 heavy (non-hydrogen) atoms. The van der Waals surface area contributed by atoms with Gasteiger partial charge in [-0.1, -0.05) is 0 Å². The van der Waals surface area contributed by atoms with Crippen molar-refractivity contribution in [3.8, 4) is 0 Å². The van der Waals surface area contributed by atoms with Crippen LogP contribution < -0.4 is 10.2 Å². The summed E-state index contributed by atoms with van der Waals surface area (Å²) in [6.07, 6.45) is 3.40. The molecule has 0 amide bonds. The van der Waals surface area contributed by atoms with Crippen molar-refractivity contribution in [2.45, 2.75) is 32.3 Å². The Morgan fingerprint density at radius 3 is 2.44 bits per heavy atom. The molecule has 2 saturated heterocycles. The number of aliphatic imine (C=N–C) groups is 1. The molecule has 7 nitrogen and oxygen atoms in total. The maximum atomic E-state index is 13.1. The van der Waals surface area contributed by atoms with Crippen LogP contribution in [0.5, 0.6) is 0 Å². The Morgan fingerprint density at radius 2 is 1.78 bits per heavy atom. The van der Waals surface area contributed by atoms with Gasteiger partial charge in [-0.15, -0.1) is 0 Å². The van der Waals surface area contributed by atoms with Gasteiger partial charge < -0.3 is 24.6 Å². The number of nitrogens with zero attached hydrogens (tertiary/aromatic N) is 4. The van der Waals surface area contributed by atoms with E-state index < -0.39 is 0 Å². The van der Waals surface area contributed by atoms with Crippen LogP contribution in [-0.4, -0.2) is 101 Å². The molecular formula is C24H40FN5O2. The minimum absolute atomic E-state index is 0.180. The zero-order chi connectivity index (χ0) is 22.6. The van der Waals surface area contributed by atoms with Crippen molar-refractivity contribution in [1.82, 2.24) is 15.1 Å². The zero-order valence-corrected chi connectivity index (χ0v) is 19.8. The van der Waals surface area contributed by atoms with Gasteiger partial charge >= 0.3 is 0 Å². The third-order valence-electron chi connectivity index (χ3n) is 6.16. The highest BCUT2D eigenvalue weighted by atomic mass is 19.1. The number of hydrogen-bond acceptors (Lipinski definition) is 5. The molecule has 3 rings (SSSR count). The summed E-state index contributed by atoms with van der Waals surface area (Å²) in [5.74, 6) is 0.843. The Bertz CT molecular complexity index is 671. The molecule has 0 bridgehead atoms. The molecule has 0 aromatic heterocycles. The van der Waals surface area contributed by atoms with E-state index in [9.17, 15) is 4.39 Å². The van der Waals surface area contributed by atoms with Gasteiger partial charge in [0.25, 0.3) is 0 Å². The van der Waals surface area contributed by atoms with Crippen molar-refractivity contribution in [3.05, 3.63) is 30.1 Å². The van der Waals surface area contributed by atoms with Crippen molar-refractivity contribution in [1.29, 1.82) is 0 Å². The second-order valence-electron chi connectivity index (χ2n) is 8.44. The topological polar surface area (TPSA) is 52.6 Å². The number of anilines is 1. The maximum absolute atomic E-state index is 13.1. The molecule has 0 unspecified atom stereocenters. The quantitative estimate of drug-likeness (QED) is 0.336. The van der Waals surface area contributed by atoms with Crippen molar-refractivity contribution in [2.24, 2.45) is 4.99 Å². The fourth-order valence-electron chi connectivity index (χ4n) is 4.29. The van der Waals surface area contributed by atoms with Crippen LogP contribution in [0.3, 0.4) is 0 Å². The van der Waals surface area contributed by atoms with E-state index in [1.165, 1.54) is 12.1 Å². The summed E-state index contributed by atoms with van der Waals surface area (Å²) in [6, 6.07) is 6.81. The summed E-state index contributed by atoms with van der Waals surface area (Å²) in [7, 11) is 1.73. The van der Waals surface area contributed by atoms with E-state index in [1.807, 2.05) is 12.1 Å². The Kier molecular flexibility index (Phi) is 10.5. The third-order valence-corrected chi connectivity index (χ3v) is 6.16. The van der Waals surface area contributed by atoms with Crippen LogP contribution in [0.2, 0.25) is 0 Å². The van der Waals surface area contributed by atoms with Crippen LogP contribution in [0.4, 0.5) is 10.1 Å². The van der Waals surface area contributed by atoms with E-state index in [0.29, 0.717) is 6.10 Å². The van der Waals surface area contributed by atoms with Crippen LogP contribution in [0.25, 0.3) is 0 Å². The van der Waals surface area contributed by atoms with E-state index in [4.69, 9.17) is 14.5 Å². The summed E-state index contributed by atoms with van der Waals surface area (Å²) >= 11 is 0. The lowest BCUT2D eigenvalue weighted by Gasteiger charge is -2.36. The van der Waals surface area contributed by atoms with Gasteiger partial charge in [-0.2, -0.15) is 0 Å². The molecule has 1 aromatic carbocycles. The van der Waals surface area contributed by atoms with Gasteiger partial charge in [0.05, 0.1) is 12.6 Å². The van der Waals surface area contributed by atoms with Crippen LogP contribution in [0.15, 0.2) is 29.3 Å². The number of rotatable bonds is 10. The Labute approximate surface area is 192 Å². The minimum atomic E-state index is -0.180. The van der Waals surface area contributed by atoms with E-state index in [-0.39, 0.29) is 5.82 Å². The Hall–Kier alpha value is -1.90. The van der Waals surface area contributed by atoms with Crippen molar-refractivity contribution < 1.29 is 13.9 Å². The summed E-state index contributed by atoms with van der Waals surface area (Å²) in [4.78, 5) is 12.1. The first-order valence-corrected chi connectivity index (χ1v) is 12.1. The van der Waals surface area contributed by atoms with Crippen LogP contribution in [-0.2, 0) is 9.47 Å². The smallest absolute Gasteiger partial charge is 0.193 e. The maximum Gasteiger partial charge on any atom is 0.193 e. The van der Waals surface area contributed by atoms with E-state index >= 15 is 0 Å². The second kappa shape index (κ2) is 13.6. The first-order chi connectivity index (χ1) is 15.7. The molecule has 180 valence electrons. The normalized spacial score (nSPS) is 18.9. The number of halogens is 1. The highest BCUT2D eigenvalue weighted by molar-refractivity contribution is 5.80. The highest BCUT2D eigenvalue weighted by Crippen LogP contribution is 2.17. The number of benzene rings is 1. The molecule has 0 aliphatic carbocycles. The lowest BCUT2D eigenvalue weighted by molar-refractivity contribution is 0.00990. The number of ether oxygens (including phenoxy) is 2. The number of piperazine rings is 1. The standard InChI is InChI=1S/C24H40FN5O2/c1-3-26-24(30-12-9-23(10-13-30)32-20-4-19-31-2)27-11-14-28-15-17-29(18-16-28)22-7-5-21(25)6-8-22/h5-8,23H,3-4,9-20H2,1-2H3,(H,26,27). The van der Waals surface area contributed by atoms with Crippen molar-refractivity contribution in [2.75, 3.05) is 84.1 Å². The summed E-state index contributed by atoms with van der Waals surface area (Å²) < 4.78 is 24.2. The molecule has 8 heteroatoms. The average Bonchev–Trinajstić information content (AvgIpc) is 2.83. The molecule has 1 N–H and O–H groups in total. The fraction of sp³-hybridized carbons (Fsp3) is 0.708. The van der Waals surface area contributed by atoms with Crippen LogP contribution in [0.1, 0.15) is 26.2 Å². The molecule has 2 aliphatic rings. The first kappa shape index (κ1) is 24.7. The first-order valence-electron chi connectivity index (χ1n) is 12.1. The third kappa shape index (κ3) is 7.90. The van der Waals surface area contributed by atoms with Gasteiger partial charge in [-0.25, -0.2) is 4.39 Å². The highest BCUT2D eigenvalue weighted by Gasteiger charge is 2.22. The van der Waals surface area contributed by atoms with Gasteiger partial charge in [-0.3, -0.25) is 9.89 Å². The van der Waals surface area contributed by atoms with Crippen molar-refractivity contribution >= 4 is 11.6 Å². The van der Waals surface area contributed by atoms with Crippen molar-refractivity contribution in [3.63, 3.8) is 0 Å². The number of guanidine groups is 1. The van der Waals surface area contributed by atoms with Gasteiger partial charge in [0.1, 0.15) is 5.82 Å². The Morgan fingerprint density at radius 1 is 1.06 bits per heavy atom. The van der Waals surface area contributed by atoms with Crippen LogP contribution in [0, 0.1) is 5.82 Å². The number of methoxy groups -OCH3 is 1. The van der Waals surface area contributed by atoms with E-state index in [2.05, 4.69) is 26.9 Å². The van der Waals surface area contributed by atoms with Gasteiger partial charge in [-0.05, 0) is 50.5 Å². The monoisotopic (exact) mass is 449 g/mol. The van der Waals surface area contributed by atoms with Gasteiger partial charge in [0, 0.05) is 78.4 Å². The molecule has 0 saturated carbocycles. The number of nitrogens with one attached hydrogen (secondary N) is 1. The summed E-state index contributed by atoms with van der Waals surface area (Å²) in [6.45, 7) is 12.2. The molecular weight excluding hydrogens is 409 g/mol.